The standard InChI is InChI=1S/C12H15NO3/c1-9-4-2-3-5-10(9)8-11(14)13-7-6-12(15)16/h2-5H,6-8H2,1H3,(H,13,14)(H,15,16). The fourth-order valence-electron chi connectivity index (χ4n) is 1.35. The maximum atomic E-state index is 11.4. The molecule has 86 valence electrons. The van der Waals surface area contributed by atoms with Crippen LogP contribution in [-0.2, 0) is 16.0 Å². The van der Waals surface area contributed by atoms with Gasteiger partial charge in [0.05, 0.1) is 12.8 Å². The molecule has 0 radical (unpaired) electrons. The van der Waals surface area contributed by atoms with Gasteiger partial charge in [-0.2, -0.15) is 0 Å². The maximum absolute atomic E-state index is 11.4. The summed E-state index contributed by atoms with van der Waals surface area (Å²) in [5.41, 5.74) is 2.03. The van der Waals surface area contributed by atoms with E-state index < -0.39 is 5.97 Å². The number of hydrogen-bond acceptors (Lipinski definition) is 2. The number of aliphatic carboxylic acids is 1. The molecule has 0 saturated carbocycles. The molecule has 0 atom stereocenters. The third-order valence-corrected chi connectivity index (χ3v) is 2.27. The van der Waals surface area contributed by atoms with Crippen LogP contribution in [0.2, 0.25) is 0 Å². The summed E-state index contributed by atoms with van der Waals surface area (Å²) in [6.07, 6.45) is 0.256. The van der Waals surface area contributed by atoms with Gasteiger partial charge in [0.25, 0.3) is 0 Å². The highest BCUT2D eigenvalue weighted by molar-refractivity contribution is 5.79. The van der Waals surface area contributed by atoms with Crippen molar-refractivity contribution < 1.29 is 14.7 Å². The van der Waals surface area contributed by atoms with Crippen molar-refractivity contribution in [3.63, 3.8) is 0 Å². The lowest BCUT2D eigenvalue weighted by Gasteiger charge is -2.06. The molecule has 1 aromatic carbocycles. The van der Waals surface area contributed by atoms with Gasteiger partial charge in [0.2, 0.25) is 5.91 Å². The summed E-state index contributed by atoms with van der Waals surface area (Å²) in [7, 11) is 0. The Labute approximate surface area is 94.3 Å². The highest BCUT2D eigenvalue weighted by Gasteiger charge is 2.05. The Balaban J connectivity index is 2.40. The first kappa shape index (κ1) is 12.2. The normalized spacial score (nSPS) is 9.81. The minimum absolute atomic E-state index is 0.0422. The zero-order valence-corrected chi connectivity index (χ0v) is 9.19. The van der Waals surface area contributed by atoms with Crippen LogP contribution in [0.3, 0.4) is 0 Å². The van der Waals surface area contributed by atoms with Crippen LogP contribution in [0.15, 0.2) is 24.3 Å². The van der Waals surface area contributed by atoms with Gasteiger partial charge in [0.15, 0.2) is 0 Å². The second-order valence-electron chi connectivity index (χ2n) is 3.60. The summed E-state index contributed by atoms with van der Waals surface area (Å²) in [6.45, 7) is 2.12. The van der Waals surface area contributed by atoms with E-state index in [1.165, 1.54) is 0 Å². The summed E-state index contributed by atoms with van der Waals surface area (Å²) in [6, 6.07) is 7.64. The maximum Gasteiger partial charge on any atom is 0.305 e. The van der Waals surface area contributed by atoms with Gasteiger partial charge < -0.3 is 10.4 Å². The van der Waals surface area contributed by atoms with Crippen molar-refractivity contribution in [1.29, 1.82) is 0 Å². The molecule has 0 aromatic heterocycles. The molecular weight excluding hydrogens is 206 g/mol. The van der Waals surface area contributed by atoms with Crippen molar-refractivity contribution in [2.24, 2.45) is 0 Å². The van der Waals surface area contributed by atoms with E-state index in [9.17, 15) is 9.59 Å². The van der Waals surface area contributed by atoms with Gasteiger partial charge in [-0.25, -0.2) is 0 Å². The Kier molecular flexibility index (Phi) is 4.51. The second-order valence-corrected chi connectivity index (χ2v) is 3.60. The van der Waals surface area contributed by atoms with Gasteiger partial charge in [-0.3, -0.25) is 9.59 Å². The van der Waals surface area contributed by atoms with E-state index in [0.717, 1.165) is 11.1 Å². The first-order valence-electron chi connectivity index (χ1n) is 5.12. The molecule has 0 spiro atoms. The lowest BCUT2D eigenvalue weighted by atomic mass is 10.1. The summed E-state index contributed by atoms with van der Waals surface area (Å²) < 4.78 is 0. The van der Waals surface area contributed by atoms with Gasteiger partial charge in [0.1, 0.15) is 0 Å². The minimum Gasteiger partial charge on any atom is -0.481 e. The molecule has 1 amide bonds. The first-order valence-corrected chi connectivity index (χ1v) is 5.12. The SMILES string of the molecule is Cc1ccccc1CC(=O)NCCC(=O)O. The predicted molar refractivity (Wildman–Crippen MR) is 60.1 cm³/mol. The van der Waals surface area contributed by atoms with Crippen molar-refractivity contribution >= 4 is 11.9 Å². The number of carboxylic acid groups (broad SMARTS) is 1. The van der Waals surface area contributed by atoms with Crippen LogP contribution in [0.1, 0.15) is 17.5 Å². The van der Waals surface area contributed by atoms with Crippen LogP contribution >= 0.6 is 0 Å². The number of benzene rings is 1. The molecule has 0 bridgehead atoms. The Morgan fingerprint density at radius 2 is 2.00 bits per heavy atom. The number of amides is 1. The molecule has 0 saturated heterocycles. The molecule has 2 N–H and O–H groups in total. The lowest BCUT2D eigenvalue weighted by Crippen LogP contribution is -2.27. The predicted octanol–water partition coefficient (Wildman–Crippen LogP) is 1.13. The average molecular weight is 221 g/mol. The first-order chi connectivity index (χ1) is 7.59. The number of aryl methyl sites for hydroxylation is 1. The van der Waals surface area contributed by atoms with E-state index in [2.05, 4.69) is 5.32 Å². The van der Waals surface area contributed by atoms with Crippen LogP contribution < -0.4 is 5.32 Å². The van der Waals surface area contributed by atoms with Crippen LogP contribution in [0.4, 0.5) is 0 Å². The number of hydrogen-bond donors (Lipinski definition) is 2. The Morgan fingerprint density at radius 1 is 1.31 bits per heavy atom. The number of carboxylic acids is 1. The summed E-state index contributed by atoms with van der Waals surface area (Å²) in [5.74, 6) is -1.05. The quantitative estimate of drug-likeness (QED) is 0.783. The molecule has 1 rings (SSSR count). The zero-order chi connectivity index (χ0) is 12.0. The Hall–Kier alpha value is -1.84. The molecule has 0 aliphatic rings. The largest absolute Gasteiger partial charge is 0.481 e. The molecule has 0 unspecified atom stereocenters. The minimum atomic E-state index is -0.906. The molecule has 1 aromatic rings. The smallest absolute Gasteiger partial charge is 0.305 e. The summed E-state index contributed by atoms with van der Waals surface area (Å²) >= 11 is 0. The number of carbonyl (C=O) groups is 2. The monoisotopic (exact) mass is 221 g/mol. The fourth-order valence-corrected chi connectivity index (χ4v) is 1.35. The number of carbonyl (C=O) groups excluding carboxylic acids is 1. The van der Waals surface area contributed by atoms with Crippen molar-refractivity contribution in [2.45, 2.75) is 19.8 Å². The van der Waals surface area contributed by atoms with E-state index in [0.29, 0.717) is 6.42 Å². The van der Waals surface area contributed by atoms with Gasteiger partial charge >= 0.3 is 5.97 Å². The van der Waals surface area contributed by atoms with E-state index in [1.807, 2.05) is 31.2 Å². The third kappa shape index (κ3) is 4.13. The van der Waals surface area contributed by atoms with Crippen LogP contribution in [0.5, 0.6) is 0 Å². The van der Waals surface area contributed by atoms with Crippen LogP contribution in [-0.4, -0.2) is 23.5 Å². The molecule has 0 fully saturated rings. The van der Waals surface area contributed by atoms with E-state index in [-0.39, 0.29) is 18.9 Å². The summed E-state index contributed by atoms with van der Waals surface area (Å²) in [5, 5.41) is 11.0. The lowest BCUT2D eigenvalue weighted by molar-refractivity contribution is -0.136. The fraction of sp³-hybridized carbons (Fsp3) is 0.333. The third-order valence-electron chi connectivity index (χ3n) is 2.27. The van der Waals surface area contributed by atoms with Crippen molar-refractivity contribution in [2.75, 3.05) is 6.54 Å². The molecule has 16 heavy (non-hydrogen) atoms. The topological polar surface area (TPSA) is 66.4 Å². The second kappa shape index (κ2) is 5.90. The zero-order valence-electron chi connectivity index (χ0n) is 9.19. The summed E-state index contributed by atoms with van der Waals surface area (Å²) in [4.78, 5) is 21.7. The van der Waals surface area contributed by atoms with E-state index in [1.54, 1.807) is 0 Å². The van der Waals surface area contributed by atoms with Gasteiger partial charge in [-0.15, -0.1) is 0 Å². The van der Waals surface area contributed by atoms with Gasteiger partial charge in [0, 0.05) is 6.54 Å². The molecule has 4 nitrogen and oxygen atoms in total. The molecule has 0 aliphatic heterocycles. The number of rotatable bonds is 5. The van der Waals surface area contributed by atoms with Gasteiger partial charge in [-0.1, -0.05) is 24.3 Å². The van der Waals surface area contributed by atoms with Gasteiger partial charge in [-0.05, 0) is 18.1 Å². The molecule has 4 heteroatoms. The molecule has 0 heterocycles. The van der Waals surface area contributed by atoms with E-state index in [4.69, 9.17) is 5.11 Å². The van der Waals surface area contributed by atoms with E-state index >= 15 is 0 Å². The van der Waals surface area contributed by atoms with Crippen molar-refractivity contribution in [3.8, 4) is 0 Å². The molecule has 0 aliphatic carbocycles. The highest BCUT2D eigenvalue weighted by Crippen LogP contribution is 2.07. The Bertz CT molecular complexity index is 388. The number of nitrogens with one attached hydrogen (secondary N) is 1. The molecular formula is C12H15NO3. The van der Waals surface area contributed by atoms with Crippen LogP contribution in [0.25, 0.3) is 0 Å². The van der Waals surface area contributed by atoms with Crippen molar-refractivity contribution in [1.82, 2.24) is 5.32 Å². The van der Waals surface area contributed by atoms with Crippen LogP contribution in [0, 0.1) is 6.92 Å². The highest BCUT2D eigenvalue weighted by atomic mass is 16.4. The van der Waals surface area contributed by atoms with Crippen molar-refractivity contribution in [3.05, 3.63) is 35.4 Å². The Morgan fingerprint density at radius 3 is 2.62 bits per heavy atom. The average Bonchev–Trinajstić information content (AvgIpc) is 2.21.